The van der Waals surface area contributed by atoms with E-state index in [9.17, 15) is 9.59 Å². The van der Waals surface area contributed by atoms with E-state index in [-0.39, 0.29) is 24.3 Å². The molecule has 0 saturated heterocycles. The fraction of sp³-hybridized carbons (Fsp3) is 0.364. The summed E-state index contributed by atoms with van der Waals surface area (Å²) in [6, 6.07) is 14.7. The second-order valence-corrected chi connectivity index (χ2v) is 8.41. The highest BCUT2D eigenvalue weighted by Gasteiger charge is 2.26. The lowest BCUT2D eigenvalue weighted by Gasteiger charge is -2.29. The van der Waals surface area contributed by atoms with Crippen LogP contribution in [0, 0.1) is 0 Å². The Labute approximate surface area is 180 Å². The van der Waals surface area contributed by atoms with Crippen molar-refractivity contribution in [2.75, 3.05) is 0 Å². The Kier molecular flexibility index (Phi) is 8.52. The van der Waals surface area contributed by atoms with Crippen molar-refractivity contribution in [1.29, 1.82) is 0 Å². The lowest BCUT2D eigenvalue weighted by atomic mass is 10.1. The maximum absolute atomic E-state index is 13.0. The zero-order chi connectivity index (χ0) is 20.7. The lowest BCUT2D eigenvalue weighted by molar-refractivity contribution is -0.140. The van der Waals surface area contributed by atoms with Crippen LogP contribution in [0.4, 0.5) is 0 Å². The van der Waals surface area contributed by atoms with E-state index in [1.807, 2.05) is 62.4 Å². The standard InChI is InChI=1S/C22H26BrClN2O2/c1-15(2)25-22(28)16(3)26(14-17-7-6-9-19(23)13-17)21(27)12-11-18-8-4-5-10-20(18)24/h4-10,13,15-16H,11-12,14H2,1-3H3,(H,25,28)/t16-/m1/s1. The highest BCUT2D eigenvalue weighted by atomic mass is 79.9. The van der Waals surface area contributed by atoms with Gasteiger partial charge in [-0.25, -0.2) is 0 Å². The first-order valence-corrected chi connectivity index (χ1v) is 10.5. The maximum Gasteiger partial charge on any atom is 0.242 e. The lowest BCUT2D eigenvalue weighted by Crippen LogP contribution is -2.49. The fourth-order valence-corrected chi connectivity index (χ4v) is 3.58. The first-order chi connectivity index (χ1) is 13.3. The van der Waals surface area contributed by atoms with E-state index >= 15 is 0 Å². The Bertz CT molecular complexity index is 826. The Morgan fingerprint density at radius 3 is 2.46 bits per heavy atom. The first kappa shape index (κ1) is 22.4. The predicted octanol–water partition coefficient (Wildman–Crippen LogP) is 4.98. The van der Waals surface area contributed by atoms with Crippen molar-refractivity contribution in [2.45, 2.75) is 52.2 Å². The Morgan fingerprint density at radius 2 is 1.82 bits per heavy atom. The van der Waals surface area contributed by atoms with Crippen LogP contribution >= 0.6 is 27.5 Å². The van der Waals surface area contributed by atoms with Gasteiger partial charge in [0.05, 0.1) is 0 Å². The van der Waals surface area contributed by atoms with E-state index in [0.29, 0.717) is 18.0 Å². The second-order valence-electron chi connectivity index (χ2n) is 7.08. The number of nitrogens with one attached hydrogen (secondary N) is 1. The van der Waals surface area contributed by atoms with E-state index in [0.717, 1.165) is 15.6 Å². The summed E-state index contributed by atoms with van der Waals surface area (Å²) >= 11 is 9.67. The summed E-state index contributed by atoms with van der Waals surface area (Å²) in [5, 5.41) is 3.55. The van der Waals surface area contributed by atoms with Crippen LogP contribution in [-0.4, -0.2) is 28.8 Å². The highest BCUT2D eigenvalue weighted by molar-refractivity contribution is 9.10. The molecule has 0 unspecified atom stereocenters. The summed E-state index contributed by atoms with van der Waals surface area (Å²) in [5.74, 6) is -0.234. The molecule has 2 aromatic carbocycles. The van der Waals surface area contributed by atoms with Crippen molar-refractivity contribution in [2.24, 2.45) is 0 Å². The van der Waals surface area contributed by atoms with Crippen LogP contribution in [0.15, 0.2) is 53.0 Å². The molecule has 0 heterocycles. The average molecular weight is 466 g/mol. The van der Waals surface area contributed by atoms with Crippen LogP contribution in [0.1, 0.15) is 38.3 Å². The monoisotopic (exact) mass is 464 g/mol. The molecule has 1 atom stereocenters. The number of carbonyl (C=O) groups excluding carboxylic acids is 2. The Balaban J connectivity index is 2.17. The third-order valence-electron chi connectivity index (χ3n) is 4.41. The summed E-state index contributed by atoms with van der Waals surface area (Å²) in [5.41, 5.74) is 1.89. The molecule has 2 aromatic rings. The summed E-state index contributed by atoms with van der Waals surface area (Å²) < 4.78 is 0.938. The summed E-state index contributed by atoms with van der Waals surface area (Å²) in [6.07, 6.45) is 0.822. The summed E-state index contributed by atoms with van der Waals surface area (Å²) in [7, 11) is 0. The molecule has 2 rings (SSSR count). The Morgan fingerprint density at radius 1 is 1.11 bits per heavy atom. The quantitative estimate of drug-likeness (QED) is 0.598. The number of halogens is 2. The van der Waals surface area contributed by atoms with E-state index in [1.54, 1.807) is 11.8 Å². The largest absolute Gasteiger partial charge is 0.352 e. The van der Waals surface area contributed by atoms with Gasteiger partial charge in [0.25, 0.3) is 0 Å². The molecule has 0 aliphatic rings. The average Bonchev–Trinajstić information content (AvgIpc) is 2.64. The van der Waals surface area contributed by atoms with Gasteiger partial charge in [-0.15, -0.1) is 0 Å². The third kappa shape index (κ3) is 6.64. The molecule has 0 aliphatic carbocycles. The van der Waals surface area contributed by atoms with Gasteiger partial charge in [0.15, 0.2) is 0 Å². The molecule has 0 bridgehead atoms. The fourth-order valence-electron chi connectivity index (χ4n) is 2.91. The molecular weight excluding hydrogens is 440 g/mol. The number of benzene rings is 2. The SMILES string of the molecule is CC(C)NC(=O)[C@@H](C)N(Cc1cccc(Br)c1)C(=O)CCc1ccccc1Cl. The van der Waals surface area contributed by atoms with E-state index in [2.05, 4.69) is 21.2 Å². The smallest absolute Gasteiger partial charge is 0.242 e. The molecule has 0 aromatic heterocycles. The van der Waals surface area contributed by atoms with E-state index in [1.165, 1.54) is 0 Å². The minimum atomic E-state index is -0.569. The molecule has 6 heteroatoms. The summed E-state index contributed by atoms with van der Waals surface area (Å²) in [4.78, 5) is 27.2. The number of aryl methyl sites for hydroxylation is 1. The predicted molar refractivity (Wildman–Crippen MR) is 117 cm³/mol. The van der Waals surface area contributed by atoms with Gasteiger partial charge in [-0.2, -0.15) is 0 Å². The molecule has 0 radical (unpaired) electrons. The van der Waals surface area contributed by atoms with Crippen molar-refractivity contribution < 1.29 is 9.59 Å². The number of nitrogens with zero attached hydrogens (tertiary/aromatic N) is 1. The number of carbonyl (C=O) groups is 2. The number of amides is 2. The van der Waals surface area contributed by atoms with Crippen molar-refractivity contribution >= 4 is 39.3 Å². The van der Waals surface area contributed by atoms with Crippen molar-refractivity contribution in [3.8, 4) is 0 Å². The molecule has 150 valence electrons. The van der Waals surface area contributed by atoms with Gasteiger partial charge in [-0.05, 0) is 56.5 Å². The van der Waals surface area contributed by atoms with Gasteiger partial charge in [0.2, 0.25) is 11.8 Å². The van der Waals surface area contributed by atoms with Gasteiger partial charge in [0.1, 0.15) is 6.04 Å². The maximum atomic E-state index is 13.0. The van der Waals surface area contributed by atoms with Crippen LogP contribution in [0.2, 0.25) is 5.02 Å². The molecule has 0 saturated carbocycles. The molecule has 1 N–H and O–H groups in total. The molecule has 0 spiro atoms. The first-order valence-electron chi connectivity index (χ1n) is 9.35. The molecule has 0 fully saturated rings. The third-order valence-corrected chi connectivity index (χ3v) is 5.27. The minimum Gasteiger partial charge on any atom is -0.352 e. The van der Waals surface area contributed by atoms with Gasteiger partial charge < -0.3 is 10.2 Å². The zero-order valence-corrected chi connectivity index (χ0v) is 18.8. The van der Waals surface area contributed by atoms with Crippen LogP contribution in [0.25, 0.3) is 0 Å². The van der Waals surface area contributed by atoms with E-state index in [4.69, 9.17) is 11.6 Å². The Hall–Kier alpha value is -1.85. The van der Waals surface area contributed by atoms with Gasteiger partial charge in [-0.3, -0.25) is 9.59 Å². The molecule has 28 heavy (non-hydrogen) atoms. The highest BCUT2D eigenvalue weighted by Crippen LogP contribution is 2.19. The minimum absolute atomic E-state index is 0.0147. The number of rotatable bonds is 8. The van der Waals surface area contributed by atoms with Gasteiger partial charge >= 0.3 is 0 Å². The van der Waals surface area contributed by atoms with Gasteiger partial charge in [-0.1, -0.05) is 57.9 Å². The molecule has 0 aliphatic heterocycles. The van der Waals surface area contributed by atoms with Crippen molar-refractivity contribution in [3.63, 3.8) is 0 Å². The molecular formula is C22H26BrClN2O2. The molecule has 2 amide bonds. The van der Waals surface area contributed by atoms with Crippen LogP contribution < -0.4 is 5.32 Å². The number of hydrogen-bond donors (Lipinski definition) is 1. The number of hydrogen-bond acceptors (Lipinski definition) is 2. The van der Waals surface area contributed by atoms with Crippen LogP contribution in [0.3, 0.4) is 0 Å². The molecule has 4 nitrogen and oxygen atoms in total. The van der Waals surface area contributed by atoms with E-state index < -0.39 is 6.04 Å². The van der Waals surface area contributed by atoms with Crippen LogP contribution in [0.5, 0.6) is 0 Å². The van der Waals surface area contributed by atoms with Crippen molar-refractivity contribution in [1.82, 2.24) is 10.2 Å². The van der Waals surface area contributed by atoms with Crippen molar-refractivity contribution in [3.05, 3.63) is 69.2 Å². The van der Waals surface area contributed by atoms with Crippen LogP contribution in [-0.2, 0) is 22.6 Å². The van der Waals surface area contributed by atoms with Gasteiger partial charge in [0, 0.05) is 28.5 Å². The zero-order valence-electron chi connectivity index (χ0n) is 16.4. The summed E-state index contributed by atoms with van der Waals surface area (Å²) in [6.45, 7) is 5.95. The normalized spacial score (nSPS) is 11.9. The second kappa shape index (κ2) is 10.6. The topological polar surface area (TPSA) is 49.4 Å².